The van der Waals surface area contributed by atoms with Gasteiger partial charge in [-0.3, -0.25) is 0 Å². The van der Waals surface area contributed by atoms with E-state index in [0.717, 1.165) is 50.9 Å². The Morgan fingerprint density at radius 1 is 0.297 bits per heavy atom. The van der Waals surface area contributed by atoms with E-state index in [1.807, 2.05) is 0 Å². The highest BCUT2D eigenvalue weighted by Crippen LogP contribution is 2.50. The van der Waals surface area contributed by atoms with Crippen molar-refractivity contribution < 1.29 is 0 Å². The van der Waals surface area contributed by atoms with Gasteiger partial charge in [0.05, 0.1) is 11.0 Å². The molecule has 0 aliphatic heterocycles. The van der Waals surface area contributed by atoms with Crippen molar-refractivity contribution in [3.63, 3.8) is 0 Å². The Bertz CT molecular complexity index is 3410. The molecular weight excluding hydrogens is 775 g/mol. The monoisotopic (exact) mass is 817 g/mol. The number of benzene rings is 10. The average molecular weight is 818 g/mol. The summed E-state index contributed by atoms with van der Waals surface area (Å²) in [6.07, 6.45) is 0. The third-order valence-corrected chi connectivity index (χ3v) is 12.8. The summed E-state index contributed by atoms with van der Waals surface area (Å²) in [4.78, 5) is 4.73. The highest BCUT2D eigenvalue weighted by molar-refractivity contribution is 6.10. The van der Waals surface area contributed by atoms with Gasteiger partial charge in [0.15, 0.2) is 0 Å². The summed E-state index contributed by atoms with van der Waals surface area (Å²) >= 11 is 0. The van der Waals surface area contributed by atoms with Crippen LogP contribution in [0.1, 0.15) is 22.6 Å². The number of hydrogen-bond donors (Lipinski definition) is 0. The summed E-state index contributed by atoms with van der Waals surface area (Å²) in [5, 5.41) is 2.48. The molecule has 0 saturated heterocycles. The van der Waals surface area contributed by atoms with Crippen LogP contribution in [-0.4, -0.2) is 4.57 Å². The first-order valence-corrected chi connectivity index (χ1v) is 22.0. The van der Waals surface area contributed by atoms with Crippen LogP contribution < -0.4 is 9.80 Å². The van der Waals surface area contributed by atoms with Crippen LogP contribution in [0.5, 0.6) is 0 Å². The van der Waals surface area contributed by atoms with Gasteiger partial charge in [-0.2, -0.15) is 0 Å². The van der Waals surface area contributed by atoms with Gasteiger partial charge < -0.3 is 14.4 Å². The lowest BCUT2D eigenvalue weighted by Gasteiger charge is -2.27. The van der Waals surface area contributed by atoms with Crippen LogP contribution in [-0.2, 0) is 0 Å². The molecule has 0 amide bonds. The highest BCUT2D eigenvalue weighted by atomic mass is 15.1. The number of rotatable bonds is 9. The third kappa shape index (κ3) is 6.45. The predicted octanol–water partition coefficient (Wildman–Crippen LogP) is 16.6. The van der Waals surface area contributed by atoms with Gasteiger partial charge in [0, 0.05) is 56.5 Å². The first kappa shape index (κ1) is 37.4. The maximum Gasteiger partial charge on any atom is 0.0561 e. The van der Waals surface area contributed by atoms with Gasteiger partial charge in [-0.1, -0.05) is 164 Å². The summed E-state index contributed by atoms with van der Waals surface area (Å²) in [6.45, 7) is 0. The minimum atomic E-state index is 0.216. The molecule has 0 radical (unpaired) electrons. The van der Waals surface area contributed by atoms with Crippen molar-refractivity contribution >= 4 is 55.9 Å². The first-order chi connectivity index (χ1) is 31.8. The molecule has 0 fully saturated rings. The molecule has 0 saturated carbocycles. The molecule has 0 spiro atoms. The fourth-order valence-electron chi connectivity index (χ4n) is 9.94. The molecule has 302 valence electrons. The van der Waals surface area contributed by atoms with Crippen molar-refractivity contribution in [1.29, 1.82) is 0 Å². The molecule has 3 nitrogen and oxygen atoms in total. The minimum Gasteiger partial charge on any atom is -0.310 e. The summed E-state index contributed by atoms with van der Waals surface area (Å²) in [7, 11) is 0. The average Bonchev–Trinajstić information content (AvgIpc) is 3.88. The van der Waals surface area contributed by atoms with Crippen LogP contribution in [0.25, 0.3) is 49.7 Å². The molecule has 1 aliphatic rings. The van der Waals surface area contributed by atoms with E-state index < -0.39 is 0 Å². The lowest BCUT2D eigenvalue weighted by Crippen LogP contribution is -2.10. The Kier molecular flexibility index (Phi) is 9.23. The zero-order valence-electron chi connectivity index (χ0n) is 35.2. The van der Waals surface area contributed by atoms with E-state index in [1.54, 1.807) is 0 Å². The maximum atomic E-state index is 2.38. The van der Waals surface area contributed by atoms with Crippen molar-refractivity contribution in [1.82, 2.24) is 4.57 Å². The second kappa shape index (κ2) is 15.8. The first-order valence-electron chi connectivity index (χ1n) is 22.0. The van der Waals surface area contributed by atoms with Crippen molar-refractivity contribution in [2.45, 2.75) is 5.92 Å². The summed E-state index contributed by atoms with van der Waals surface area (Å²) in [5.41, 5.74) is 19.1. The van der Waals surface area contributed by atoms with E-state index in [2.05, 4.69) is 269 Å². The molecule has 12 rings (SSSR count). The fourth-order valence-corrected chi connectivity index (χ4v) is 9.94. The van der Waals surface area contributed by atoms with E-state index in [0.29, 0.717) is 0 Å². The molecule has 0 bridgehead atoms. The second-order valence-corrected chi connectivity index (χ2v) is 16.5. The molecule has 1 unspecified atom stereocenters. The van der Waals surface area contributed by atoms with Crippen molar-refractivity contribution in [2.24, 2.45) is 0 Å². The SMILES string of the molecule is c1ccc(C2c3ccccc3-c3cc(N(c4ccccc4)c4ccc(-c5ccc(N(c6ccccc6)c6ccc7c8ccccc8n(-c8ccccc8)c7c6)cc5)cc4)ccc32)cc1. The Morgan fingerprint density at radius 2 is 0.750 bits per heavy atom. The summed E-state index contributed by atoms with van der Waals surface area (Å²) in [6, 6.07) is 92.4. The predicted molar refractivity (Wildman–Crippen MR) is 268 cm³/mol. The number of para-hydroxylation sites is 4. The Balaban J connectivity index is 0.896. The van der Waals surface area contributed by atoms with Crippen LogP contribution in [0, 0.1) is 0 Å². The number of hydrogen-bond acceptors (Lipinski definition) is 2. The highest BCUT2D eigenvalue weighted by Gasteiger charge is 2.30. The molecule has 64 heavy (non-hydrogen) atoms. The number of nitrogens with zero attached hydrogens (tertiary/aromatic N) is 3. The standard InChI is InChI=1S/C61H43N3/c1-5-17-45(18-6-1)61-56-27-14-13-25-53(56)58-41-51(38-40-57(58)61)62(46-19-7-2-8-20-46)49-33-29-43(30-34-49)44-31-35-50(36-32-44)63(47-21-9-3-10-22-47)52-37-39-55-54-26-15-16-28-59(54)64(60(55)42-52)48-23-11-4-12-24-48/h1-42,61H. The topological polar surface area (TPSA) is 11.4 Å². The summed E-state index contributed by atoms with van der Waals surface area (Å²) < 4.78 is 2.38. The molecular formula is C61H43N3. The van der Waals surface area contributed by atoms with E-state index in [4.69, 9.17) is 0 Å². The quantitative estimate of drug-likeness (QED) is 0.144. The van der Waals surface area contributed by atoms with Gasteiger partial charge in [0.1, 0.15) is 0 Å². The van der Waals surface area contributed by atoms with Gasteiger partial charge in [-0.15, -0.1) is 0 Å². The molecule has 1 atom stereocenters. The van der Waals surface area contributed by atoms with Gasteiger partial charge in [-0.25, -0.2) is 0 Å². The van der Waals surface area contributed by atoms with Crippen LogP contribution in [0.15, 0.2) is 255 Å². The van der Waals surface area contributed by atoms with Crippen LogP contribution in [0.3, 0.4) is 0 Å². The fraction of sp³-hybridized carbons (Fsp3) is 0.0164. The number of anilines is 6. The van der Waals surface area contributed by atoms with Crippen LogP contribution >= 0.6 is 0 Å². The third-order valence-electron chi connectivity index (χ3n) is 12.8. The number of aromatic nitrogens is 1. The van der Waals surface area contributed by atoms with Gasteiger partial charge >= 0.3 is 0 Å². The normalized spacial score (nSPS) is 12.8. The summed E-state index contributed by atoms with van der Waals surface area (Å²) in [5.74, 6) is 0.216. The van der Waals surface area contributed by atoms with Crippen molar-refractivity contribution in [3.8, 4) is 27.9 Å². The lowest BCUT2D eigenvalue weighted by atomic mass is 9.89. The van der Waals surface area contributed by atoms with E-state index in [1.165, 1.54) is 49.6 Å². The zero-order valence-corrected chi connectivity index (χ0v) is 35.2. The van der Waals surface area contributed by atoms with Gasteiger partial charge in [0.2, 0.25) is 0 Å². The lowest BCUT2D eigenvalue weighted by molar-refractivity contribution is 1.01. The van der Waals surface area contributed by atoms with Crippen molar-refractivity contribution in [2.75, 3.05) is 9.80 Å². The van der Waals surface area contributed by atoms with Crippen LogP contribution in [0.2, 0.25) is 0 Å². The molecule has 10 aromatic carbocycles. The van der Waals surface area contributed by atoms with E-state index in [-0.39, 0.29) is 5.92 Å². The van der Waals surface area contributed by atoms with Crippen LogP contribution in [0.4, 0.5) is 34.1 Å². The van der Waals surface area contributed by atoms with Crippen molar-refractivity contribution in [3.05, 3.63) is 271 Å². The Morgan fingerprint density at radius 3 is 1.39 bits per heavy atom. The molecule has 11 aromatic rings. The van der Waals surface area contributed by atoms with Gasteiger partial charge in [-0.05, 0) is 130 Å². The molecule has 1 heterocycles. The second-order valence-electron chi connectivity index (χ2n) is 16.5. The van der Waals surface area contributed by atoms with E-state index >= 15 is 0 Å². The Hall–Kier alpha value is -8.40. The number of fused-ring (bicyclic) bond motifs is 6. The zero-order chi connectivity index (χ0) is 42.4. The molecule has 0 N–H and O–H groups in total. The minimum absolute atomic E-state index is 0.216. The largest absolute Gasteiger partial charge is 0.310 e. The molecule has 1 aromatic heterocycles. The molecule has 3 heteroatoms. The van der Waals surface area contributed by atoms with Gasteiger partial charge in [0.25, 0.3) is 0 Å². The Labute approximate surface area is 374 Å². The van der Waals surface area contributed by atoms with E-state index in [9.17, 15) is 0 Å². The maximum absolute atomic E-state index is 2.38. The smallest absolute Gasteiger partial charge is 0.0561 e. The molecule has 1 aliphatic carbocycles.